The summed E-state index contributed by atoms with van der Waals surface area (Å²) in [6.45, 7) is 7.76. The molecule has 4 rings (SSSR count). The molecule has 1 saturated carbocycles. The summed E-state index contributed by atoms with van der Waals surface area (Å²) >= 11 is 0. The fourth-order valence-corrected chi connectivity index (χ4v) is 4.20. The van der Waals surface area contributed by atoms with Gasteiger partial charge in [0.25, 0.3) is 5.92 Å². The van der Waals surface area contributed by atoms with Gasteiger partial charge in [-0.1, -0.05) is 39.3 Å². The van der Waals surface area contributed by atoms with E-state index < -0.39 is 11.8 Å². The summed E-state index contributed by atoms with van der Waals surface area (Å²) in [5.74, 6) is -0.530. The SMILES string of the molecule is CC[C@@H](C)CC(=O)C(C)c1ccc(O[C@@H]2CCN(c3ccc(OCC4CC4(F)F)cn3)C2)cc1. The number of hydrogen-bond donors (Lipinski definition) is 0. The van der Waals surface area contributed by atoms with Crippen LogP contribution in [0.2, 0.25) is 0 Å². The van der Waals surface area contributed by atoms with Crippen LogP contribution < -0.4 is 14.4 Å². The van der Waals surface area contributed by atoms with E-state index in [0.717, 1.165) is 36.5 Å². The third-order valence-electron chi connectivity index (χ3n) is 7.01. The molecule has 184 valence electrons. The van der Waals surface area contributed by atoms with Gasteiger partial charge in [-0.3, -0.25) is 4.79 Å². The topological polar surface area (TPSA) is 51.7 Å². The van der Waals surface area contributed by atoms with E-state index in [2.05, 4.69) is 23.7 Å². The molecule has 1 aliphatic carbocycles. The van der Waals surface area contributed by atoms with E-state index in [0.29, 0.717) is 24.6 Å². The van der Waals surface area contributed by atoms with Crippen molar-refractivity contribution in [2.75, 3.05) is 24.6 Å². The van der Waals surface area contributed by atoms with Crippen LogP contribution in [-0.4, -0.2) is 42.5 Å². The van der Waals surface area contributed by atoms with Gasteiger partial charge in [0, 0.05) is 31.7 Å². The molecule has 2 unspecified atom stereocenters. The largest absolute Gasteiger partial charge is 0.491 e. The number of halogens is 2. The molecule has 0 bridgehead atoms. The van der Waals surface area contributed by atoms with E-state index >= 15 is 0 Å². The van der Waals surface area contributed by atoms with Gasteiger partial charge in [-0.25, -0.2) is 13.8 Å². The maximum Gasteiger partial charge on any atom is 0.255 e. The maximum absolute atomic E-state index is 13.0. The van der Waals surface area contributed by atoms with Crippen LogP contribution in [0.4, 0.5) is 14.6 Å². The van der Waals surface area contributed by atoms with Crippen molar-refractivity contribution in [2.24, 2.45) is 11.8 Å². The lowest BCUT2D eigenvalue weighted by Gasteiger charge is -2.19. The second-order valence-corrected chi connectivity index (χ2v) is 9.77. The minimum Gasteiger partial charge on any atom is -0.491 e. The van der Waals surface area contributed by atoms with Crippen LogP contribution >= 0.6 is 0 Å². The number of ether oxygens (including phenoxy) is 2. The molecular weight excluding hydrogens is 438 g/mol. The second kappa shape index (κ2) is 10.3. The van der Waals surface area contributed by atoms with Crippen molar-refractivity contribution in [3.05, 3.63) is 48.2 Å². The Labute approximate surface area is 200 Å². The lowest BCUT2D eigenvalue weighted by molar-refractivity contribution is -0.121. The van der Waals surface area contributed by atoms with E-state index in [1.165, 1.54) is 0 Å². The number of anilines is 1. The number of hydrogen-bond acceptors (Lipinski definition) is 5. The molecule has 1 saturated heterocycles. The quantitative estimate of drug-likeness (QED) is 0.409. The Hall–Kier alpha value is -2.70. The normalized spacial score (nSPS) is 22.8. The highest BCUT2D eigenvalue weighted by molar-refractivity contribution is 5.85. The number of Topliss-reactive ketones (excluding diaryl/α,β-unsaturated/α-hetero) is 1. The van der Waals surface area contributed by atoms with Gasteiger partial charge in [-0.2, -0.15) is 0 Å². The minimum atomic E-state index is -2.57. The summed E-state index contributed by atoms with van der Waals surface area (Å²) in [4.78, 5) is 19.1. The molecule has 2 fully saturated rings. The predicted octanol–water partition coefficient (Wildman–Crippen LogP) is 5.88. The van der Waals surface area contributed by atoms with Crippen LogP contribution in [0.25, 0.3) is 0 Å². The first kappa shape index (κ1) is 24.4. The number of alkyl halides is 2. The van der Waals surface area contributed by atoms with Gasteiger partial charge < -0.3 is 14.4 Å². The van der Waals surface area contributed by atoms with Gasteiger partial charge in [0.1, 0.15) is 29.2 Å². The molecule has 34 heavy (non-hydrogen) atoms. The molecule has 0 spiro atoms. The Morgan fingerprint density at radius 2 is 1.88 bits per heavy atom. The predicted molar refractivity (Wildman–Crippen MR) is 128 cm³/mol. The fraction of sp³-hybridized carbons (Fsp3) is 0.556. The third-order valence-corrected chi connectivity index (χ3v) is 7.01. The zero-order valence-corrected chi connectivity index (χ0v) is 20.2. The number of ketones is 1. The average Bonchev–Trinajstić information content (AvgIpc) is 3.20. The Bertz CT molecular complexity index is 965. The van der Waals surface area contributed by atoms with E-state index in [1.54, 1.807) is 12.3 Å². The van der Waals surface area contributed by atoms with Gasteiger partial charge >= 0.3 is 0 Å². The molecule has 1 aromatic carbocycles. The molecule has 1 aliphatic heterocycles. The molecule has 1 aromatic heterocycles. The molecule has 0 N–H and O–H groups in total. The molecule has 4 atom stereocenters. The van der Waals surface area contributed by atoms with Gasteiger partial charge in [-0.15, -0.1) is 0 Å². The molecule has 0 amide bonds. The molecule has 2 heterocycles. The molecule has 7 heteroatoms. The van der Waals surface area contributed by atoms with Gasteiger partial charge in [0.15, 0.2) is 0 Å². The van der Waals surface area contributed by atoms with Crippen molar-refractivity contribution in [1.29, 1.82) is 0 Å². The van der Waals surface area contributed by atoms with Crippen molar-refractivity contribution in [3.8, 4) is 11.5 Å². The van der Waals surface area contributed by atoms with Crippen molar-refractivity contribution in [1.82, 2.24) is 4.98 Å². The smallest absolute Gasteiger partial charge is 0.255 e. The third kappa shape index (κ3) is 6.05. The number of nitrogens with zero attached hydrogens (tertiary/aromatic N) is 2. The summed E-state index contributed by atoms with van der Waals surface area (Å²) in [6, 6.07) is 11.5. The number of carbonyl (C=O) groups excluding carboxylic acids is 1. The number of carbonyl (C=O) groups is 1. The van der Waals surface area contributed by atoms with E-state index in [-0.39, 0.29) is 30.8 Å². The van der Waals surface area contributed by atoms with Crippen LogP contribution in [0, 0.1) is 11.8 Å². The van der Waals surface area contributed by atoms with Gasteiger partial charge in [0.05, 0.1) is 25.3 Å². The molecule has 2 aliphatic rings. The molecule has 5 nitrogen and oxygen atoms in total. The van der Waals surface area contributed by atoms with Crippen LogP contribution in [0.15, 0.2) is 42.6 Å². The Kier molecular flexibility index (Phi) is 7.39. The van der Waals surface area contributed by atoms with E-state index in [9.17, 15) is 13.6 Å². The molecular formula is C27H34F2N2O3. The van der Waals surface area contributed by atoms with Crippen LogP contribution in [-0.2, 0) is 4.79 Å². The first-order valence-corrected chi connectivity index (χ1v) is 12.3. The van der Waals surface area contributed by atoms with Crippen molar-refractivity contribution >= 4 is 11.6 Å². The Morgan fingerprint density at radius 3 is 2.50 bits per heavy atom. The zero-order chi connectivity index (χ0) is 24.3. The van der Waals surface area contributed by atoms with E-state index in [4.69, 9.17) is 9.47 Å². The standard InChI is InChI=1S/C27H34F2N2O3/c1-4-18(2)13-25(32)19(3)20-5-7-22(8-6-20)34-24-11-12-31(16-24)26-10-9-23(15-30-26)33-17-21-14-27(21,28)29/h5-10,15,18-19,21,24H,4,11-14,16-17H2,1-3H3/t18-,19?,21?,24-/m1/s1. The summed E-state index contributed by atoms with van der Waals surface area (Å²) in [7, 11) is 0. The van der Waals surface area contributed by atoms with Crippen LogP contribution in [0.3, 0.4) is 0 Å². The minimum absolute atomic E-state index is 0.0250. The lowest BCUT2D eigenvalue weighted by atomic mass is 9.90. The van der Waals surface area contributed by atoms with E-state index in [1.807, 2.05) is 37.3 Å². The maximum atomic E-state index is 13.0. The van der Waals surface area contributed by atoms with Gasteiger partial charge in [-0.05, 0) is 35.7 Å². The Morgan fingerprint density at radius 1 is 1.18 bits per heavy atom. The monoisotopic (exact) mass is 472 g/mol. The number of pyridine rings is 1. The lowest BCUT2D eigenvalue weighted by Crippen LogP contribution is -2.25. The van der Waals surface area contributed by atoms with Crippen molar-refractivity contribution < 1.29 is 23.0 Å². The van der Waals surface area contributed by atoms with Crippen molar-refractivity contribution in [2.45, 2.75) is 64.4 Å². The Balaban J connectivity index is 1.25. The average molecular weight is 473 g/mol. The molecule has 2 aromatic rings. The highest BCUT2D eigenvalue weighted by atomic mass is 19.3. The fourth-order valence-electron chi connectivity index (χ4n) is 4.20. The summed E-state index contributed by atoms with van der Waals surface area (Å²) in [5.41, 5.74) is 1.02. The highest BCUT2D eigenvalue weighted by Crippen LogP contribution is 2.48. The summed E-state index contributed by atoms with van der Waals surface area (Å²) in [5, 5.41) is 0. The first-order valence-electron chi connectivity index (χ1n) is 12.3. The number of aromatic nitrogens is 1. The number of benzene rings is 1. The summed E-state index contributed by atoms with van der Waals surface area (Å²) < 4.78 is 37.6. The van der Waals surface area contributed by atoms with Crippen LogP contribution in [0.1, 0.15) is 57.9 Å². The second-order valence-electron chi connectivity index (χ2n) is 9.77. The number of rotatable bonds is 11. The zero-order valence-electron chi connectivity index (χ0n) is 20.2. The summed E-state index contributed by atoms with van der Waals surface area (Å²) in [6.07, 6.45) is 4.05. The first-order chi connectivity index (χ1) is 16.2. The molecule has 0 radical (unpaired) electrons. The van der Waals surface area contributed by atoms with Crippen molar-refractivity contribution in [3.63, 3.8) is 0 Å². The highest BCUT2D eigenvalue weighted by Gasteiger charge is 2.57. The van der Waals surface area contributed by atoms with Crippen LogP contribution in [0.5, 0.6) is 11.5 Å². The van der Waals surface area contributed by atoms with Gasteiger partial charge in [0.2, 0.25) is 0 Å².